The lowest BCUT2D eigenvalue weighted by Crippen LogP contribution is -2.34. The third-order valence-corrected chi connectivity index (χ3v) is 4.96. The van der Waals surface area contributed by atoms with E-state index in [2.05, 4.69) is 11.9 Å². The van der Waals surface area contributed by atoms with E-state index in [9.17, 15) is 9.59 Å². The molecular formula is C22H23ClN2O2. The molecule has 0 atom stereocenters. The molecule has 1 amide bonds. The second-order valence-electron chi connectivity index (χ2n) is 6.69. The summed E-state index contributed by atoms with van der Waals surface area (Å²) in [7, 11) is 1.69. The van der Waals surface area contributed by atoms with E-state index in [-0.39, 0.29) is 0 Å². The molecule has 0 bridgehead atoms. The van der Waals surface area contributed by atoms with E-state index in [4.69, 9.17) is 11.6 Å². The van der Waals surface area contributed by atoms with E-state index < -0.39 is 11.7 Å². The van der Waals surface area contributed by atoms with Gasteiger partial charge in [0.25, 0.3) is 11.7 Å². The highest BCUT2D eigenvalue weighted by atomic mass is 35.5. The number of nitrogens with zero attached hydrogens (tertiary/aromatic N) is 1. The van der Waals surface area contributed by atoms with Gasteiger partial charge in [-0.1, -0.05) is 61.7 Å². The molecule has 0 saturated carbocycles. The van der Waals surface area contributed by atoms with Gasteiger partial charge < -0.3 is 9.88 Å². The van der Waals surface area contributed by atoms with E-state index in [1.807, 2.05) is 36.4 Å². The Kier molecular flexibility index (Phi) is 5.97. The van der Waals surface area contributed by atoms with Crippen molar-refractivity contribution in [2.75, 3.05) is 13.6 Å². The SMILES string of the molecule is CCCCCN(C)C(=O)C(=O)c1c(-c2ccc(Cl)cc2)[nH]c2ccccc12. The summed E-state index contributed by atoms with van der Waals surface area (Å²) in [6.07, 6.45) is 3.00. The van der Waals surface area contributed by atoms with Gasteiger partial charge in [-0.3, -0.25) is 9.59 Å². The van der Waals surface area contributed by atoms with Crippen LogP contribution >= 0.6 is 11.6 Å². The number of likely N-dealkylation sites (N-methyl/N-ethyl adjacent to an activating group) is 1. The molecule has 0 spiro atoms. The number of unbranched alkanes of at least 4 members (excludes halogenated alkanes) is 2. The predicted molar refractivity (Wildman–Crippen MR) is 110 cm³/mol. The van der Waals surface area contributed by atoms with Crippen LogP contribution in [0.1, 0.15) is 36.5 Å². The summed E-state index contributed by atoms with van der Waals surface area (Å²) in [6, 6.07) is 14.8. The molecule has 0 aliphatic carbocycles. The van der Waals surface area contributed by atoms with Crippen LogP contribution in [0.3, 0.4) is 0 Å². The second kappa shape index (κ2) is 8.40. The molecule has 0 saturated heterocycles. The number of rotatable bonds is 7. The number of amides is 1. The molecule has 0 aliphatic heterocycles. The number of Topliss-reactive ketones (excluding diaryl/α,β-unsaturated/α-hetero) is 1. The Labute approximate surface area is 164 Å². The van der Waals surface area contributed by atoms with Gasteiger partial charge in [0, 0.05) is 29.5 Å². The molecule has 0 radical (unpaired) electrons. The molecule has 0 unspecified atom stereocenters. The van der Waals surface area contributed by atoms with Crippen LogP contribution in [0, 0.1) is 0 Å². The van der Waals surface area contributed by atoms with Crippen LogP contribution in [0.15, 0.2) is 48.5 Å². The summed E-state index contributed by atoms with van der Waals surface area (Å²) < 4.78 is 0. The summed E-state index contributed by atoms with van der Waals surface area (Å²) >= 11 is 5.99. The number of carbonyl (C=O) groups is 2. The Bertz CT molecular complexity index is 960. The van der Waals surface area contributed by atoms with Crippen LogP contribution in [-0.4, -0.2) is 35.2 Å². The highest BCUT2D eigenvalue weighted by Crippen LogP contribution is 2.31. The molecule has 1 aromatic heterocycles. The smallest absolute Gasteiger partial charge is 0.294 e. The molecule has 3 rings (SSSR count). The van der Waals surface area contributed by atoms with Crippen LogP contribution < -0.4 is 0 Å². The zero-order valence-corrected chi connectivity index (χ0v) is 16.3. The Balaban J connectivity index is 2.01. The Morgan fingerprint density at radius 1 is 1.04 bits per heavy atom. The second-order valence-corrected chi connectivity index (χ2v) is 7.13. The largest absolute Gasteiger partial charge is 0.354 e. The number of fused-ring (bicyclic) bond motifs is 1. The van der Waals surface area contributed by atoms with Gasteiger partial charge in [-0.2, -0.15) is 0 Å². The lowest BCUT2D eigenvalue weighted by atomic mass is 10.0. The number of hydrogen-bond donors (Lipinski definition) is 1. The summed E-state index contributed by atoms with van der Waals surface area (Å²) in [6.45, 7) is 2.69. The third-order valence-electron chi connectivity index (χ3n) is 4.70. The first kappa shape index (κ1) is 19.2. The first-order valence-electron chi connectivity index (χ1n) is 9.19. The van der Waals surface area contributed by atoms with Crippen molar-refractivity contribution in [3.05, 3.63) is 59.1 Å². The van der Waals surface area contributed by atoms with Crippen molar-refractivity contribution in [1.29, 1.82) is 0 Å². The van der Waals surface area contributed by atoms with Crippen LogP contribution in [-0.2, 0) is 4.79 Å². The quantitative estimate of drug-likeness (QED) is 0.341. The van der Waals surface area contributed by atoms with Crippen molar-refractivity contribution in [1.82, 2.24) is 9.88 Å². The number of halogens is 1. The molecule has 0 fully saturated rings. The number of aromatic nitrogens is 1. The van der Waals surface area contributed by atoms with Crippen molar-refractivity contribution in [2.45, 2.75) is 26.2 Å². The first-order chi connectivity index (χ1) is 13.0. The van der Waals surface area contributed by atoms with Crippen LogP contribution in [0.5, 0.6) is 0 Å². The number of benzene rings is 2. The normalized spacial score (nSPS) is 10.9. The fourth-order valence-corrected chi connectivity index (χ4v) is 3.32. The van der Waals surface area contributed by atoms with Gasteiger partial charge in [-0.15, -0.1) is 0 Å². The van der Waals surface area contributed by atoms with Gasteiger partial charge in [0.05, 0.1) is 11.3 Å². The number of hydrogen-bond acceptors (Lipinski definition) is 2. The maximum Gasteiger partial charge on any atom is 0.294 e. The van der Waals surface area contributed by atoms with Crippen LogP contribution in [0.4, 0.5) is 0 Å². The number of aromatic amines is 1. The zero-order chi connectivity index (χ0) is 19.4. The summed E-state index contributed by atoms with van der Waals surface area (Å²) in [5, 5.41) is 1.37. The van der Waals surface area contributed by atoms with Crippen molar-refractivity contribution < 1.29 is 9.59 Å². The minimum atomic E-state index is -0.489. The zero-order valence-electron chi connectivity index (χ0n) is 15.6. The van der Waals surface area contributed by atoms with Crippen LogP contribution in [0.2, 0.25) is 5.02 Å². The van der Waals surface area contributed by atoms with Crippen molar-refractivity contribution in [2.24, 2.45) is 0 Å². The van der Waals surface area contributed by atoms with E-state index in [0.29, 0.717) is 22.8 Å². The van der Waals surface area contributed by atoms with E-state index in [0.717, 1.165) is 35.7 Å². The van der Waals surface area contributed by atoms with Gasteiger partial charge >= 0.3 is 0 Å². The molecule has 3 aromatic rings. The molecule has 1 N–H and O–H groups in total. The van der Waals surface area contributed by atoms with E-state index >= 15 is 0 Å². The summed E-state index contributed by atoms with van der Waals surface area (Å²) in [4.78, 5) is 30.7. The lowest BCUT2D eigenvalue weighted by molar-refractivity contribution is -0.125. The summed E-state index contributed by atoms with van der Waals surface area (Å²) in [5.74, 6) is -0.970. The van der Waals surface area contributed by atoms with Gasteiger partial charge in [-0.05, 0) is 30.2 Å². The van der Waals surface area contributed by atoms with Gasteiger partial charge in [0.15, 0.2) is 0 Å². The molecular weight excluding hydrogens is 360 g/mol. The monoisotopic (exact) mass is 382 g/mol. The number of nitrogens with one attached hydrogen (secondary N) is 1. The maximum atomic E-state index is 13.1. The topological polar surface area (TPSA) is 53.2 Å². The first-order valence-corrected chi connectivity index (χ1v) is 9.57. The number of carbonyl (C=O) groups excluding carboxylic acids is 2. The van der Waals surface area contributed by atoms with Gasteiger partial charge in [0.2, 0.25) is 0 Å². The highest BCUT2D eigenvalue weighted by molar-refractivity contribution is 6.46. The number of H-pyrrole nitrogens is 1. The standard InChI is InChI=1S/C22H23ClN2O2/c1-3-4-7-14-25(2)22(27)21(26)19-17-8-5-6-9-18(17)24-20(19)15-10-12-16(23)13-11-15/h5-6,8-13,24H,3-4,7,14H2,1-2H3. The fourth-order valence-electron chi connectivity index (χ4n) is 3.19. The molecule has 27 heavy (non-hydrogen) atoms. The van der Waals surface area contributed by atoms with Crippen LogP contribution in [0.25, 0.3) is 22.2 Å². The van der Waals surface area contributed by atoms with Crippen molar-refractivity contribution in [3.63, 3.8) is 0 Å². The minimum Gasteiger partial charge on any atom is -0.354 e. The van der Waals surface area contributed by atoms with Gasteiger partial charge in [-0.25, -0.2) is 0 Å². The minimum absolute atomic E-state index is 0.417. The Morgan fingerprint density at radius 3 is 2.44 bits per heavy atom. The maximum absolute atomic E-state index is 13.1. The molecule has 0 aliphatic rings. The molecule has 140 valence electrons. The summed E-state index contributed by atoms with van der Waals surface area (Å²) in [5.41, 5.74) is 2.71. The lowest BCUT2D eigenvalue weighted by Gasteiger charge is -2.16. The molecule has 4 nitrogen and oxygen atoms in total. The third kappa shape index (κ3) is 4.06. The van der Waals surface area contributed by atoms with Crippen molar-refractivity contribution in [3.8, 4) is 11.3 Å². The number of ketones is 1. The van der Waals surface area contributed by atoms with E-state index in [1.165, 1.54) is 4.90 Å². The Morgan fingerprint density at radius 2 is 1.74 bits per heavy atom. The predicted octanol–water partition coefficient (Wildman–Crippen LogP) is 5.32. The van der Waals surface area contributed by atoms with E-state index in [1.54, 1.807) is 19.2 Å². The fraction of sp³-hybridized carbons (Fsp3) is 0.273. The average molecular weight is 383 g/mol. The highest BCUT2D eigenvalue weighted by Gasteiger charge is 2.27. The van der Waals surface area contributed by atoms with Crippen molar-refractivity contribution >= 4 is 34.2 Å². The molecule has 1 heterocycles. The average Bonchev–Trinajstić information content (AvgIpc) is 3.07. The Hall–Kier alpha value is -2.59. The molecule has 2 aromatic carbocycles. The number of para-hydroxylation sites is 1. The van der Waals surface area contributed by atoms with Gasteiger partial charge in [0.1, 0.15) is 0 Å². The molecule has 5 heteroatoms.